The van der Waals surface area contributed by atoms with Crippen LogP contribution in [0.25, 0.3) is 5.57 Å². The van der Waals surface area contributed by atoms with Crippen molar-refractivity contribution in [2.24, 2.45) is 4.99 Å². The van der Waals surface area contributed by atoms with Gasteiger partial charge in [0, 0.05) is 12.7 Å². The zero-order valence-corrected chi connectivity index (χ0v) is 20.6. The summed E-state index contributed by atoms with van der Waals surface area (Å²) in [5.74, 6) is -0.337. The lowest BCUT2D eigenvalue weighted by Gasteiger charge is -2.21. The normalized spacial score (nSPS) is 12.7. The van der Waals surface area contributed by atoms with Gasteiger partial charge >= 0.3 is 0 Å². The predicted molar refractivity (Wildman–Crippen MR) is 139 cm³/mol. The number of carbonyl (C=O) groups is 1. The minimum Gasteiger partial charge on any atom is -0.350 e. The van der Waals surface area contributed by atoms with Crippen LogP contribution in [0.3, 0.4) is 0 Å². The van der Waals surface area contributed by atoms with Gasteiger partial charge in [-0.2, -0.15) is 5.26 Å². The highest BCUT2D eigenvalue weighted by Gasteiger charge is 2.19. The van der Waals surface area contributed by atoms with Crippen LogP contribution in [-0.2, 0) is 4.79 Å². The molecule has 0 unspecified atom stereocenters. The maximum Gasteiger partial charge on any atom is 0.270 e. The van der Waals surface area contributed by atoms with Gasteiger partial charge < -0.3 is 10.2 Å². The van der Waals surface area contributed by atoms with Crippen molar-refractivity contribution in [2.45, 2.75) is 53.0 Å². The Kier molecular flexibility index (Phi) is 11.4. The van der Waals surface area contributed by atoms with Crippen LogP contribution in [0.4, 0.5) is 0 Å². The van der Waals surface area contributed by atoms with E-state index in [2.05, 4.69) is 50.0 Å². The van der Waals surface area contributed by atoms with Crippen LogP contribution >= 0.6 is 0 Å². The van der Waals surface area contributed by atoms with Crippen LogP contribution in [0.15, 0.2) is 84.3 Å². The van der Waals surface area contributed by atoms with Crippen molar-refractivity contribution in [3.05, 3.63) is 90.4 Å². The molecule has 1 rings (SSSR count). The summed E-state index contributed by atoms with van der Waals surface area (Å²) in [7, 11) is 1.79. The molecule has 5 nitrogen and oxygen atoms in total. The molecule has 0 aromatic heterocycles. The van der Waals surface area contributed by atoms with Crippen molar-refractivity contribution in [1.29, 1.82) is 5.26 Å². The Bertz CT molecular complexity index is 1000. The fourth-order valence-electron chi connectivity index (χ4n) is 3.24. The van der Waals surface area contributed by atoms with E-state index in [1.165, 1.54) is 0 Å². The Morgan fingerprint density at radius 3 is 2.36 bits per heavy atom. The monoisotopic (exact) mass is 444 g/mol. The number of nitriles is 1. The van der Waals surface area contributed by atoms with E-state index in [1.807, 2.05) is 37.3 Å². The lowest BCUT2D eigenvalue weighted by molar-refractivity contribution is -0.115. The number of amides is 1. The topological polar surface area (TPSA) is 68.5 Å². The molecular formula is C28H36N4O. The number of nitrogens with one attached hydrogen (secondary N) is 1. The lowest BCUT2D eigenvalue weighted by Crippen LogP contribution is -2.34. The Morgan fingerprint density at radius 1 is 1.24 bits per heavy atom. The maximum atomic E-state index is 13.3. The molecule has 0 spiro atoms. The van der Waals surface area contributed by atoms with Gasteiger partial charge in [-0.15, -0.1) is 0 Å². The van der Waals surface area contributed by atoms with Crippen LogP contribution < -0.4 is 5.32 Å². The minimum absolute atomic E-state index is 0.169. The van der Waals surface area contributed by atoms with Gasteiger partial charge in [0.15, 0.2) is 0 Å². The zero-order valence-electron chi connectivity index (χ0n) is 20.6. The van der Waals surface area contributed by atoms with Crippen LogP contribution in [0.5, 0.6) is 0 Å². The highest BCUT2D eigenvalue weighted by molar-refractivity contribution is 6.43. The van der Waals surface area contributed by atoms with Gasteiger partial charge in [-0.05, 0) is 55.7 Å². The first-order chi connectivity index (χ1) is 15.7. The second-order valence-corrected chi connectivity index (χ2v) is 7.84. The first-order valence-corrected chi connectivity index (χ1v) is 11.2. The third-order valence-corrected chi connectivity index (χ3v) is 5.04. The number of nitrogens with zero attached hydrogens (tertiary/aromatic N) is 3. The molecule has 0 saturated heterocycles. The van der Waals surface area contributed by atoms with Crippen LogP contribution in [0.1, 0.15) is 64.1 Å². The molecule has 1 amide bonds. The van der Waals surface area contributed by atoms with Crippen molar-refractivity contribution in [3.8, 4) is 6.07 Å². The van der Waals surface area contributed by atoms with E-state index < -0.39 is 0 Å². The zero-order chi connectivity index (χ0) is 25.0. The Morgan fingerprint density at radius 2 is 1.88 bits per heavy atom. The van der Waals surface area contributed by atoms with Crippen molar-refractivity contribution in [2.75, 3.05) is 7.05 Å². The minimum atomic E-state index is -0.337. The molecule has 0 aliphatic heterocycles. The number of likely N-dealkylation sites (N-methyl/N-ethyl adjacent to an activating group) is 1. The summed E-state index contributed by atoms with van der Waals surface area (Å²) < 4.78 is 0. The SMILES string of the molecule is C=C(C)N=C(/C=C(/C(=C)C#N)N(C)/C=C\C)C(=O)N[C@@H](CCC)c1ccc(C(=C)CC)cc1. The highest BCUT2D eigenvalue weighted by Crippen LogP contribution is 2.23. The van der Waals surface area contributed by atoms with Gasteiger partial charge in [0.25, 0.3) is 5.91 Å². The maximum absolute atomic E-state index is 13.3. The summed E-state index contributed by atoms with van der Waals surface area (Å²) in [6, 6.07) is 10.0. The van der Waals surface area contributed by atoms with E-state index in [1.54, 1.807) is 31.1 Å². The van der Waals surface area contributed by atoms with Crippen LogP contribution in [-0.4, -0.2) is 23.6 Å². The molecule has 5 heteroatoms. The molecule has 174 valence electrons. The van der Waals surface area contributed by atoms with E-state index in [9.17, 15) is 10.1 Å². The molecule has 0 saturated carbocycles. The molecule has 0 heterocycles. The molecule has 1 aromatic carbocycles. The number of carbonyl (C=O) groups excluding carboxylic acids is 1. The summed E-state index contributed by atoms with van der Waals surface area (Å²) >= 11 is 0. The average molecular weight is 445 g/mol. The molecule has 1 atom stereocenters. The average Bonchev–Trinajstić information content (AvgIpc) is 2.80. The van der Waals surface area contributed by atoms with E-state index >= 15 is 0 Å². The molecule has 0 radical (unpaired) electrons. The largest absolute Gasteiger partial charge is 0.350 e. The number of hydrogen-bond acceptors (Lipinski definition) is 4. The van der Waals surface area contributed by atoms with Crippen molar-refractivity contribution < 1.29 is 4.79 Å². The predicted octanol–water partition coefficient (Wildman–Crippen LogP) is 6.47. The Labute approximate surface area is 199 Å². The summed E-state index contributed by atoms with van der Waals surface area (Å²) in [5.41, 5.74) is 4.57. The standard InChI is InChI=1S/C28H36N4O/c1-9-12-25(24-15-13-23(14-16-24)21(6)11-3)31-28(33)26(30-20(4)5)18-27(22(7)19-29)32(8)17-10-2/h10,13-18,25H,4,6-7,9,11-12H2,1-3,5,8H3,(H,31,33)/b17-10-,27-18-,30-26?/t25-/m0/s1. The number of allylic oxidation sites excluding steroid dienone is 4. The first kappa shape index (κ1) is 27.4. The molecule has 0 fully saturated rings. The van der Waals surface area contributed by atoms with E-state index in [0.717, 1.165) is 36.0 Å². The third-order valence-electron chi connectivity index (χ3n) is 5.04. The number of rotatable bonds is 12. The number of aliphatic imine (C=N–C) groups is 1. The second-order valence-electron chi connectivity index (χ2n) is 7.84. The van der Waals surface area contributed by atoms with Crippen molar-refractivity contribution in [1.82, 2.24) is 10.2 Å². The number of benzene rings is 1. The highest BCUT2D eigenvalue weighted by atomic mass is 16.1. The molecule has 0 bridgehead atoms. The van der Waals surface area contributed by atoms with E-state index in [0.29, 0.717) is 11.4 Å². The summed E-state index contributed by atoms with van der Waals surface area (Å²) in [6.07, 6.45) is 7.77. The first-order valence-electron chi connectivity index (χ1n) is 11.2. The summed E-state index contributed by atoms with van der Waals surface area (Å²) in [4.78, 5) is 19.4. The molecule has 0 aliphatic carbocycles. The van der Waals surface area contributed by atoms with Crippen molar-refractivity contribution in [3.63, 3.8) is 0 Å². The third kappa shape index (κ3) is 8.42. The van der Waals surface area contributed by atoms with Gasteiger partial charge in [-0.25, -0.2) is 4.99 Å². The summed E-state index contributed by atoms with van der Waals surface area (Å²) in [6.45, 7) is 19.5. The lowest BCUT2D eigenvalue weighted by atomic mass is 9.98. The van der Waals surface area contributed by atoms with E-state index in [4.69, 9.17) is 0 Å². The molecule has 1 aromatic rings. The smallest absolute Gasteiger partial charge is 0.270 e. The van der Waals surface area contributed by atoms with Crippen LogP contribution in [0, 0.1) is 11.3 Å². The Balaban J connectivity index is 3.34. The fraction of sp³-hybridized carbons (Fsp3) is 0.321. The van der Waals surface area contributed by atoms with Gasteiger partial charge in [0.05, 0.1) is 17.3 Å². The molecular weight excluding hydrogens is 408 g/mol. The van der Waals surface area contributed by atoms with Gasteiger partial charge in [-0.1, -0.05) is 70.3 Å². The molecule has 0 aliphatic rings. The van der Waals surface area contributed by atoms with Crippen molar-refractivity contribution >= 4 is 17.2 Å². The van der Waals surface area contributed by atoms with Crippen LogP contribution in [0.2, 0.25) is 0 Å². The van der Waals surface area contributed by atoms with E-state index in [-0.39, 0.29) is 23.2 Å². The summed E-state index contributed by atoms with van der Waals surface area (Å²) in [5, 5.41) is 12.5. The van der Waals surface area contributed by atoms with Gasteiger partial charge in [0.2, 0.25) is 0 Å². The van der Waals surface area contributed by atoms with Gasteiger partial charge in [-0.3, -0.25) is 4.79 Å². The van der Waals surface area contributed by atoms with Gasteiger partial charge in [0.1, 0.15) is 11.8 Å². The number of hydrogen-bond donors (Lipinski definition) is 1. The Hall–Kier alpha value is -3.65. The fourth-order valence-corrected chi connectivity index (χ4v) is 3.24. The molecule has 33 heavy (non-hydrogen) atoms. The molecule has 1 N–H and O–H groups in total. The quantitative estimate of drug-likeness (QED) is 0.228. The second kappa shape index (κ2) is 13.7.